The number of hydrogen-bond acceptors (Lipinski definition) is 3. The van der Waals surface area contributed by atoms with Gasteiger partial charge in [-0.25, -0.2) is 0 Å². The molecule has 0 saturated heterocycles. The maximum Gasteiger partial charge on any atom is 0.265 e. The minimum atomic E-state index is -3.33. The molecule has 0 aliphatic heterocycles. The lowest BCUT2D eigenvalue weighted by Crippen LogP contribution is -2.02. The Kier molecular flexibility index (Phi) is 5.76. The van der Waals surface area contributed by atoms with Crippen molar-refractivity contribution >= 4 is 10.1 Å². The SMILES string of the molecule is CCC(C)CC#CCOS(C)(=O)=O. The molecule has 0 aliphatic carbocycles. The van der Waals surface area contributed by atoms with E-state index in [1.807, 2.05) is 0 Å². The smallest absolute Gasteiger partial charge is 0.257 e. The third-order valence-electron chi connectivity index (χ3n) is 1.62. The fourth-order valence-electron chi connectivity index (χ4n) is 0.578. The van der Waals surface area contributed by atoms with E-state index in [2.05, 4.69) is 29.9 Å². The van der Waals surface area contributed by atoms with Gasteiger partial charge in [-0.05, 0) is 5.92 Å². The summed E-state index contributed by atoms with van der Waals surface area (Å²) in [5.41, 5.74) is 0. The van der Waals surface area contributed by atoms with Crippen molar-refractivity contribution in [2.45, 2.75) is 26.7 Å². The lowest BCUT2D eigenvalue weighted by Gasteiger charge is -1.99. The lowest BCUT2D eigenvalue weighted by molar-refractivity contribution is 0.367. The van der Waals surface area contributed by atoms with E-state index in [-0.39, 0.29) is 6.61 Å². The highest BCUT2D eigenvalue weighted by molar-refractivity contribution is 7.85. The summed E-state index contributed by atoms with van der Waals surface area (Å²) in [6.45, 7) is 4.17. The van der Waals surface area contributed by atoms with Crippen molar-refractivity contribution in [2.24, 2.45) is 5.92 Å². The van der Waals surface area contributed by atoms with Gasteiger partial charge in [0.2, 0.25) is 0 Å². The first-order chi connectivity index (χ1) is 5.95. The van der Waals surface area contributed by atoms with Crippen LogP contribution >= 0.6 is 0 Å². The summed E-state index contributed by atoms with van der Waals surface area (Å²) in [5, 5.41) is 0. The molecule has 4 heteroatoms. The van der Waals surface area contributed by atoms with Crippen LogP contribution in [0.1, 0.15) is 26.7 Å². The number of hydrogen-bond donors (Lipinski definition) is 0. The molecule has 0 fully saturated rings. The largest absolute Gasteiger partial charge is 0.265 e. The van der Waals surface area contributed by atoms with Crippen molar-refractivity contribution in [3.63, 3.8) is 0 Å². The summed E-state index contributed by atoms with van der Waals surface area (Å²) in [6.07, 6.45) is 2.90. The summed E-state index contributed by atoms with van der Waals surface area (Å²) >= 11 is 0. The third-order valence-corrected chi connectivity index (χ3v) is 2.16. The maximum atomic E-state index is 10.5. The molecule has 0 aliphatic rings. The molecule has 0 aromatic carbocycles. The first-order valence-electron chi connectivity index (χ1n) is 4.25. The van der Waals surface area contributed by atoms with Crippen molar-refractivity contribution in [3.05, 3.63) is 0 Å². The Morgan fingerprint density at radius 1 is 1.38 bits per heavy atom. The average Bonchev–Trinajstić information content (AvgIpc) is 2.01. The molecule has 0 aromatic heterocycles. The Balaban J connectivity index is 3.64. The summed E-state index contributed by atoms with van der Waals surface area (Å²) in [5.74, 6) is 6.09. The monoisotopic (exact) mass is 204 g/mol. The predicted molar refractivity (Wildman–Crippen MR) is 52.6 cm³/mol. The van der Waals surface area contributed by atoms with Crippen LogP contribution < -0.4 is 0 Å². The van der Waals surface area contributed by atoms with Gasteiger partial charge in [-0.2, -0.15) is 8.42 Å². The average molecular weight is 204 g/mol. The van der Waals surface area contributed by atoms with Crippen LogP contribution in [0.4, 0.5) is 0 Å². The zero-order valence-electron chi connectivity index (χ0n) is 8.33. The van der Waals surface area contributed by atoms with E-state index in [0.29, 0.717) is 5.92 Å². The molecule has 0 N–H and O–H groups in total. The second-order valence-electron chi connectivity index (χ2n) is 3.04. The zero-order valence-corrected chi connectivity index (χ0v) is 9.15. The molecule has 0 spiro atoms. The standard InChI is InChI=1S/C9H16O3S/c1-4-9(2)7-5-6-8-12-13(3,10)11/h9H,4,7-8H2,1-3H3. The molecule has 0 amide bonds. The van der Waals surface area contributed by atoms with Crippen molar-refractivity contribution in [1.82, 2.24) is 0 Å². The molecule has 0 aromatic rings. The second-order valence-corrected chi connectivity index (χ2v) is 4.68. The molecule has 1 unspecified atom stereocenters. The molecule has 0 rings (SSSR count). The fraction of sp³-hybridized carbons (Fsp3) is 0.778. The van der Waals surface area contributed by atoms with Gasteiger partial charge in [-0.15, -0.1) is 5.92 Å². The molecule has 0 bridgehead atoms. The van der Waals surface area contributed by atoms with Gasteiger partial charge in [0.15, 0.2) is 0 Å². The minimum Gasteiger partial charge on any atom is -0.257 e. The van der Waals surface area contributed by atoms with Gasteiger partial charge in [-0.1, -0.05) is 26.2 Å². The van der Waals surface area contributed by atoms with E-state index in [4.69, 9.17) is 0 Å². The van der Waals surface area contributed by atoms with Gasteiger partial charge in [0, 0.05) is 6.42 Å². The molecule has 0 heterocycles. The van der Waals surface area contributed by atoms with E-state index in [9.17, 15) is 8.42 Å². The molecule has 0 radical (unpaired) electrons. The summed E-state index contributed by atoms with van der Waals surface area (Å²) in [6, 6.07) is 0. The molecule has 1 atom stereocenters. The molecular weight excluding hydrogens is 188 g/mol. The Morgan fingerprint density at radius 2 is 2.00 bits per heavy atom. The van der Waals surface area contributed by atoms with Gasteiger partial charge in [0.25, 0.3) is 10.1 Å². The van der Waals surface area contributed by atoms with Crippen molar-refractivity contribution in [1.29, 1.82) is 0 Å². The minimum absolute atomic E-state index is 0.0325. The van der Waals surface area contributed by atoms with Crippen LogP contribution in [0.15, 0.2) is 0 Å². The molecular formula is C9H16O3S. The van der Waals surface area contributed by atoms with Crippen LogP contribution in [0.3, 0.4) is 0 Å². The first-order valence-corrected chi connectivity index (χ1v) is 6.07. The van der Waals surface area contributed by atoms with E-state index in [1.54, 1.807) is 0 Å². The fourth-order valence-corrected chi connectivity index (χ4v) is 0.851. The predicted octanol–water partition coefficient (Wildman–Crippen LogP) is 1.40. The lowest BCUT2D eigenvalue weighted by atomic mass is 10.1. The van der Waals surface area contributed by atoms with Crippen LogP contribution in [-0.2, 0) is 14.3 Å². The first kappa shape index (κ1) is 12.5. The highest BCUT2D eigenvalue weighted by Gasteiger charge is 1.97. The van der Waals surface area contributed by atoms with Gasteiger partial charge in [0.05, 0.1) is 6.26 Å². The topological polar surface area (TPSA) is 43.4 Å². The van der Waals surface area contributed by atoms with Crippen LogP contribution in [0.5, 0.6) is 0 Å². The van der Waals surface area contributed by atoms with Crippen molar-refractivity contribution < 1.29 is 12.6 Å². The molecule has 13 heavy (non-hydrogen) atoms. The number of rotatable bonds is 4. The molecule has 3 nitrogen and oxygen atoms in total. The summed E-state index contributed by atoms with van der Waals surface area (Å²) in [4.78, 5) is 0. The third kappa shape index (κ3) is 9.38. The van der Waals surface area contributed by atoms with Crippen LogP contribution in [0.25, 0.3) is 0 Å². The van der Waals surface area contributed by atoms with Crippen molar-refractivity contribution in [2.75, 3.05) is 12.9 Å². The van der Waals surface area contributed by atoms with Gasteiger partial charge in [-0.3, -0.25) is 4.18 Å². The molecule has 0 saturated carbocycles. The van der Waals surface area contributed by atoms with E-state index in [1.165, 1.54) is 0 Å². The zero-order chi connectivity index (χ0) is 10.3. The van der Waals surface area contributed by atoms with E-state index >= 15 is 0 Å². The Labute approximate surface area is 80.6 Å². The van der Waals surface area contributed by atoms with Crippen LogP contribution in [0.2, 0.25) is 0 Å². The Morgan fingerprint density at radius 3 is 2.46 bits per heavy atom. The highest BCUT2D eigenvalue weighted by atomic mass is 32.2. The maximum absolute atomic E-state index is 10.5. The highest BCUT2D eigenvalue weighted by Crippen LogP contribution is 2.03. The van der Waals surface area contributed by atoms with Gasteiger partial charge < -0.3 is 0 Å². The van der Waals surface area contributed by atoms with Crippen LogP contribution in [-0.4, -0.2) is 21.3 Å². The molecule has 76 valence electrons. The van der Waals surface area contributed by atoms with Gasteiger partial charge in [0.1, 0.15) is 6.61 Å². The normalized spacial score (nSPS) is 13.2. The second kappa shape index (κ2) is 6.01. The Hall–Kier alpha value is -0.530. The summed E-state index contributed by atoms with van der Waals surface area (Å²) in [7, 11) is -3.33. The van der Waals surface area contributed by atoms with Crippen molar-refractivity contribution in [3.8, 4) is 11.8 Å². The van der Waals surface area contributed by atoms with Crippen LogP contribution in [0, 0.1) is 17.8 Å². The van der Waals surface area contributed by atoms with E-state index in [0.717, 1.165) is 19.1 Å². The van der Waals surface area contributed by atoms with E-state index < -0.39 is 10.1 Å². The van der Waals surface area contributed by atoms with Gasteiger partial charge >= 0.3 is 0 Å². The quantitative estimate of drug-likeness (QED) is 0.513. The Bertz CT molecular complexity index is 282. The summed E-state index contributed by atoms with van der Waals surface area (Å²) < 4.78 is 25.4.